The predicted molar refractivity (Wildman–Crippen MR) is 79.6 cm³/mol. The third-order valence-electron chi connectivity index (χ3n) is 2.75. The molecule has 0 saturated carbocycles. The first-order valence-electron chi connectivity index (χ1n) is 5.70. The molecule has 0 spiro atoms. The first-order chi connectivity index (χ1) is 9.49. The van der Waals surface area contributed by atoms with Gasteiger partial charge in [-0.2, -0.15) is 0 Å². The summed E-state index contributed by atoms with van der Waals surface area (Å²) < 4.78 is 8.28. The van der Waals surface area contributed by atoms with E-state index in [1.54, 1.807) is 13.2 Å². The molecule has 0 amide bonds. The molecule has 0 aliphatic heterocycles. The molecule has 1 N–H and O–H groups in total. The number of methoxy groups -OCH3 is 1. The smallest absolute Gasteiger partial charge is 0.358 e. The van der Waals surface area contributed by atoms with Crippen LogP contribution in [0.25, 0.3) is 5.69 Å². The molecule has 0 saturated heterocycles. The van der Waals surface area contributed by atoms with Crippen molar-refractivity contribution < 1.29 is 14.6 Å². The fourth-order valence-corrected chi connectivity index (χ4v) is 3.14. The molecule has 8 heteroatoms. The van der Waals surface area contributed by atoms with E-state index in [-0.39, 0.29) is 5.69 Å². The number of carboxylic acids is 1. The number of hydrogen-bond acceptors (Lipinski definition) is 4. The number of benzene rings is 1. The average Bonchev–Trinajstić information content (AvgIpc) is 2.82. The molecule has 0 bridgehead atoms. The highest BCUT2D eigenvalue weighted by Crippen LogP contribution is 2.34. The Labute approximate surface area is 132 Å². The van der Waals surface area contributed by atoms with Crippen molar-refractivity contribution in [3.63, 3.8) is 0 Å². The Balaban J connectivity index is 2.65. The number of halogens is 2. The van der Waals surface area contributed by atoms with Crippen LogP contribution < -0.4 is 4.74 Å². The molecule has 0 aliphatic carbocycles. The van der Waals surface area contributed by atoms with E-state index in [2.05, 4.69) is 42.2 Å². The zero-order valence-corrected chi connectivity index (χ0v) is 13.9. The van der Waals surface area contributed by atoms with Crippen molar-refractivity contribution in [3.8, 4) is 11.4 Å². The largest absolute Gasteiger partial charge is 0.495 e. The maximum absolute atomic E-state index is 11.1. The second-order valence-corrected chi connectivity index (χ2v) is 5.60. The van der Waals surface area contributed by atoms with Crippen LogP contribution in [-0.2, 0) is 6.42 Å². The van der Waals surface area contributed by atoms with Crippen LogP contribution in [0.15, 0.2) is 21.1 Å². The summed E-state index contributed by atoms with van der Waals surface area (Å²) in [4.78, 5) is 11.1. The monoisotopic (exact) mass is 403 g/mol. The quantitative estimate of drug-likeness (QED) is 0.847. The summed E-state index contributed by atoms with van der Waals surface area (Å²) in [5.74, 6) is -0.467. The van der Waals surface area contributed by atoms with E-state index in [9.17, 15) is 4.79 Å². The standard InChI is InChI=1S/C12H11Br2N3O3/c1-3-8-11(12(18)19)15-16-17(8)9-5-10(20-2)7(14)4-6(9)13/h4-5H,3H2,1-2H3,(H,18,19). The molecule has 0 radical (unpaired) electrons. The molecule has 6 nitrogen and oxygen atoms in total. The summed E-state index contributed by atoms with van der Waals surface area (Å²) in [6.07, 6.45) is 0.499. The van der Waals surface area contributed by atoms with Gasteiger partial charge in [-0.05, 0) is 44.3 Å². The third kappa shape index (κ3) is 2.57. The molecule has 0 atom stereocenters. The minimum Gasteiger partial charge on any atom is -0.495 e. The van der Waals surface area contributed by atoms with Crippen molar-refractivity contribution in [2.75, 3.05) is 7.11 Å². The van der Waals surface area contributed by atoms with Gasteiger partial charge in [-0.3, -0.25) is 0 Å². The number of hydrogen-bond donors (Lipinski definition) is 1. The van der Waals surface area contributed by atoms with Crippen LogP contribution in [0.5, 0.6) is 5.75 Å². The highest BCUT2D eigenvalue weighted by atomic mass is 79.9. The first-order valence-corrected chi connectivity index (χ1v) is 7.29. The van der Waals surface area contributed by atoms with E-state index in [0.29, 0.717) is 23.6 Å². The van der Waals surface area contributed by atoms with Crippen LogP contribution in [0.1, 0.15) is 23.1 Å². The lowest BCUT2D eigenvalue weighted by atomic mass is 10.2. The van der Waals surface area contributed by atoms with Gasteiger partial charge in [0.2, 0.25) is 0 Å². The average molecular weight is 405 g/mol. The van der Waals surface area contributed by atoms with Gasteiger partial charge in [-0.1, -0.05) is 12.1 Å². The number of ether oxygens (including phenoxy) is 1. The number of aromatic nitrogens is 3. The SMILES string of the molecule is CCc1c(C(=O)O)nnn1-c1cc(OC)c(Br)cc1Br. The van der Waals surface area contributed by atoms with Gasteiger partial charge in [-0.15, -0.1) is 5.10 Å². The van der Waals surface area contributed by atoms with Crippen molar-refractivity contribution in [2.45, 2.75) is 13.3 Å². The van der Waals surface area contributed by atoms with E-state index >= 15 is 0 Å². The number of carboxylic acid groups (broad SMARTS) is 1. The van der Waals surface area contributed by atoms with E-state index in [1.807, 2.05) is 13.0 Å². The minimum absolute atomic E-state index is 0.0405. The highest BCUT2D eigenvalue weighted by molar-refractivity contribution is 9.11. The molecule has 2 aromatic rings. The Morgan fingerprint density at radius 3 is 2.65 bits per heavy atom. The lowest BCUT2D eigenvalue weighted by Crippen LogP contribution is -2.06. The molecular formula is C12H11Br2N3O3. The Hall–Kier alpha value is -1.41. The minimum atomic E-state index is -1.09. The Bertz CT molecular complexity index is 670. The van der Waals surface area contributed by atoms with Gasteiger partial charge in [0, 0.05) is 10.5 Å². The predicted octanol–water partition coefficient (Wildman–Crippen LogP) is 3.06. The van der Waals surface area contributed by atoms with Gasteiger partial charge >= 0.3 is 5.97 Å². The number of rotatable bonds is 4. The van der Waals surface area contributed by atoms with Crippen molar-refractivity contribution in [3.05, 3.63) is 32.5 Å². The Morgan fingerprint density at radius 1 is 1.40 bits per heavy atom. The molecule has 0 fully saturated rings. The van der Waals surface area contributed by atoms with Gasteiger partial charge in [0.05, 0.1) is 23.0 Å². The lowest BCUT2D eigenvalue weighted by Gasteiger charge is -2.11. The highest BCUT2D eigenvalue weighted by Gasteiger charge is 2.20. The molecule has 1 aromatic carbocycles. The van der Waals surface area contributed by atoms with E-state index in [1.165, 1.54) is 4.68 Å². The molecule has 20 heavy (non-hydrogen) atoms. The topological polar surface area (TPSA) is 77.2 Å². The van der Waals surface area contributed by atoms with Crippen molar-refractivity contribution >= 4 is 37.8 Å². The van der Waals surface area contributed by atoms with Crippen LogP contribution >= 0.6 is 31.9 Å². The zero-order chi connectivity index (χ0) is 14.9. The van der Waals surface area contributed by atoms with Gasteiger partial charge < -0.3 is 9.84 Å². The van der Waals surface area contributed by atoms with Crippen LogP contribution in [0.4, 0.5) is 0 Å². The second kappa shape index (κ2) is 5.92. The number of aromatic carboxylic acids is 1. The van der Waals surface area contributed by atoms with Crippen LogP contribution in [0, 0.1) is 0 Å². The van der Waals surface area contributed by atoms with E-state index < -0.39 is 5.97 Å². The number of carbonyl (C=O) groups is 1. The van der Waals surface area contributed by atoms with Crippen molar-refractivity contribution in [1.29, 1.82) is 0 Å². The van der Waals surface area contributed by atoms with Crippen LogP contribution in [0.2, 0.25) is 0 Å². The molecule has 1 aromatic heterocycles. The molecule has 1 heterocycles. The van der Waals surface area contributed by atoms with Gasteiger partial charge in [0.1, 0.15) is 5.75 Å². The third-order valence-corrected chi connectivity index (χ3v) is 4.00. The van der Waals surface area contributed by atoms with E-state index in [0.717, 1.165) is 8.95 Å². The summed E-state index contributed by atoms with van der Waals surface area (Å²) >= 11 is 6.82. The maximum atomic E-state index is 11.1. The molecule has 2 rings (SSSR count). The van der Waals surface area contributed by atoms with Crippen LogP contribution in [-0.4, -0.2) is 33.2 Å². The Morgan fingerprint density at radius 2 is 2.10 bits per heavy atom. The van der Waals surface area contributed by atoms with Gasteiger partial charge in [0.15, 0.2) is 5.69 Å². The summed E-state index contributed by atoms with van der Waals surface area (Å²) in [6, 6.07) is 3.57. The summed E-state index contributed by atoms with van der Waals surface area (Å²) in [7, 11) is 1.56. The molecular weight excluding hydrogens is 394 g/mol. The second-order valence-electron chi connectivity index (χ2n) is 3.89. The normalized spacial score (nSPS) is 10.6. The van der Waals surface area contributed by atoms with Gasteiger partial charge in [-0.25, -0.2) is 9.48 Å². The lowest BCUT2D eigenvalue weighted by molar-refractivity contribution is 0.0689. The van der Waals surface area contributed by atoms with Gasteiger partial charge in [0.25, 0.3) is 0 Å². The van der Waals surface area contributed by atoms with Crippen LogP contribution in [0.3, 0.4) is 0 Å². The molecule has 0 unspecified atom stereocenters. The molecule has 0 aliphatic rings. The first kappa shape index (κ1) is 15.0. The van der Waals surface area contributed by atoms with Crippen molar-refractivity contribution in [2.24, 2.45) is 0 Å². The summed E-state index contributed by atoms with van der Waals surface area (Å²) in [5.41, 5.74) is 1.16. The summed E-state index contributed by atoms with van der Waals surface area (Å²) in [6.45, 7) is 1.85. The maximum Gasteiger partial charge on any atom is 0.358 e. The number of nitrogens with zero attached hydrogens (tertiary/aromatic N) is 3. The Kier molecular flexibility index (Phi) is 4.44. The fraction of sp³-hybridized carbons (Fsp3) is 0.250. The van der Waals surface area contributed by atoms with E-state index in [4.69, 9.17) is 9.84 Å². The van der Waals surface area contributed by atoms with Crippen molar-refractivity contribution in [1.82, 2.24) is 15.0 Å². The summed E-state index contributed by atoms with van der Waals surface area (Å²) in [5, 5.41) is 16.8. The fourth-order valence-electron chi connectivity index (χ4n) is 1.82. The zero-order valence-electron chi connectivity index (χ0n) is 10.7. The molecule has 106 valence electrons.